The molecule has 0 heterocycles. The molecule has 29 heavy (non-hydrogen) atoms. The number of anilines is 3. The van der Waals surface area contributed by atoms with Gasteiger partial charge in [0.25, 0.3) is 0 Å². The van der Waals surface area contributed by atoms with Crippen LogP contribution in [-0.4, -0.2) is 18.4 Å². The highest BCUT2D eigenvalue weighted by Gasteiger charge is 2.10. The van der Waals surface area contributed by atoms with Gasteiger partial charge in [0, 0.05) is 5.69 Å². The van der Waals surface area contributed by atoms with Crippen LogP contribution in [0.1, 0.15) is 5.56 Å². The molecule has 0 saturated heterocycles. The molecule has 0 fully saturated rings. The lowest BCUT2D eigenvalue weighted by molar-refractivity contribution is -0.116. The van der Waals surface area contributed by atoms with Crippen LogP contribution in [0.15, 0.2) is 72.8 Å². The molecular formula is C22H19ClFN3O2. The van der Waals surface area contributed by atoms with E-state index in [-0.39, 0.29) is 30.5 Å². The fraction of sp³-hybridized carbons (Fsp3) is 0.0909. The van der Waals surface area contributed by atoms with E-state index in [0.717, 1.165) is 5.56 Å². The van der Waals surface area contributed by atoms with E-state index in [2.05, 4.69) is 16.0 Å². The minimum absolute atomic E-state index is 0.0439. The Morgan fingerprint density at radius 3 is 2.28 bits per heavy atom. The summed E-state index contributed by atoms with van der Waals surface area (Å²) in [5.74, 6) is -1.20. The van der Waals surface area contributed by atoms with Crippen LogP contribution in [0.5, 0.6) is 0 Å². The monoisotopic (exact) mass is 411 g/mol. The minimum atomic E-state index is -0.558. The van der Waals surface area contributed by atoms with Gasteiger partial charge < -0.3 is 16.0 Å². The molecule has 0 unspecified atom stereocenters. The molecule has 0 atom stereocenters. The summed E-state index contributed by atoms with van der Waals surface area (Å²) >= 11 is 6.01. The zero-order valence-corrected chi connectivity index (χ0v) is 16.2. The maximum Gasteiger partial charge on any atom is 0.243 e. The molecule has 0 aliphatic carbocycles. The Labute approximate surface area is 172 Å². The van der Waals surface area contributed by atoms with E-state index in [1.165, 1.54) is 18.2 Å². The van der Waals surface area contributed by atoms with E-state index >= 15 is 0 Å². The number of hydrogen-bond donors (Lipinski definition) is 3. The largest absolute Gasteiger partial charge is 0.376 e. The second-order valence-electron chi connectivity index (χ2n) is 6.29. The molecule has 0 aromatic heterocycles. The molecule has 148 valence electrons. The number of halogens is 2. The van der Waals surface area contributed by atoms with Crippen molar-refractivity contribution in [2.75, 3.05) is 22.5 Å². The van der Waals surface area contributed by atoms with Crippen molar-refractivity contribution < 1.29 is 14.0 Å². The van der Waals surface area contributed by atoms with Gasteiger partial charge >= 0.3 is 0 Å². The van der Waals surface area contributed by atoms with Gasteiger partial charge in [-0.3, -0.25) is 9.59 Å². The quantitative estimate of drug-likeness (QED) is 0.527. The minimum Gasteiger partial charge on any atom is -0.376 e. The Hall–Kier alpha value is -3.38. The van der Waals surface area contributed by atoms with Crippen molar-refractivity contribution in [3.8, 4) is 0 Å². The van der Waals surface area contributed by atoms with Crippen molar-refractivity contribution in [2.24, 2.45) is 0 Å². The SMILES string of the molecule is O=C(Cc1ccccc1)Nc1cc(NCC(=O)Nc2ccccc2Cl)ccc1F. The molecule has 0 radical (unpaired) electrons. The summed E-state index contributed by atoms with van der Waals surface area (Å²) in [6, 6.07) is 20.2. The molecule has 0 aliphatic heterocycles. The first-order chi connectivity index (χ1) is 14.0. The van der Waals surface area contributed by atoms with Gasteiger partial charge in [0.1, 0.15) is 5.82 Å². The highest BCUT2D eigenvalue weighted by atomic mass is 35.5. The molecule has 0 spiro atoms. The van der Waals surface area contributed by atoms with Crippen molar-refractivity contribution in [3.05, 3.63) is 89.2 Å². The average molecular weight is 412 g/mol. The van der Waals surface area contributed by atoms with Crippen LogP contribution < -0.4 is 16.0 Å². The molecule has 3 N–H and O–H groups in total. The van der Waals surface area contributed by atoms with Gasteiger partial charge in [0.05, 0.1) is 29.4 Å². The Bertz CT molecular complexity index is 1010. The van der Waals surface area contributed by atoms with Crippen molar-refractivity contribution in [2.45, 2.75) is 6.42 Å². The van der Waals surface area contributed by atoms with E-state index < -0.39 is 5.82 Å². The third-order valence-corrected chi connectivity index (χ3v) is 4.38. The first-order valence-corrected chi connectivity index (χ1v) is 9.30. The predicted octanol–water partition coefficient (Wildman–Crippen LogP) is 4.71. The highest BCUT2D eigenvalue weighted by molar-refractivity contribution is 6.33. The Morgan fingerprint density at radius 2 is 1.52 bits per heavy atom. The standard InChI is InChI=1S/C22H19ClFN3O2/c23-17-8-4-5-9-19(17)26-22(29)14-25-16-10-11-18(24)20(13-16)27-21(28)12-15-6-2-1-3-7-15/h1-11,13,25H,12,14H2,(H,26,29)(H,27,28). The Kier molecular flexibility index (Phi) is 6.81. The van der Waals surface area contributed by atoms with Crippen molar-refractivity contribution in [1.29, 1.82) is 0 Å². The molecule has 3 rings (SSSR count). The molecule has 2 amide bonds. The molecule has 7 heteroatoms. The summed E-state index contributed by atoms with van der Waals surface area (Å²) in [5, 5.41) is 8.59. The second kappa shape index (κ2) is 9.71. The highest BCUT2D eigenvalue weighted by Crippen LogP contribution is 2.21. The summed E-state index contributed by atoms with van der Waals surface area (Å²) < 4.78 is 14.1. The van der Waals surface area contributed by atoms with Gasteiger partial charge in [-0.2, -0.15) is 0 Å². The Morgan fingerprint density at radius 1 is 0.828 bits per heavy atom. The second-order valence-corrected chi connectivity index (χ2v) is 6.69. The number of amides is 2. The fourth-order valence-electron chi connectivity index (χ4n) is 2.65. The van der Waals surface area contributed by atoms with Gasteiger partial charge in [0.2, 0.25) is 11.8 Å². The van der Waals surface area contributed by atoms with Crippen LogP contribution in [-0.2, 0) is 16.0 Å². The van der Waals surface area contributed by atoms with Gasteiger partial charge in [-0.1, -0.05) is 54.1 Å². The van der Waals surface area contributed by atoms with Crippen LogP contribution in [0.3, 0.4) is 0 Å². The Balaban J connectivity index is 1.57. The van der Waals surface area contributed by atoms with E-state index in [0.29, 0.717) is 16.4 Å². The lowest BCUT2D eigenvalue weighted by Crippen LogP contribution is -2.22. The third kappa shape index (κ3) is 6.05. The lowest BCUT2D eigenvalue weighted by atomic mass is 10.1. The van der Waals surface area contributed by atoms with E-state index in [9.17, 15) is 14.0 Å². The molecule has 0 saturated carbocycles. The summed E-state index contributed by atoms with van der Waals surface area (Å²) in [7, 11) is 0. The normalized spacial score (nSPS) is 10.3. The van der Waals surface area contributed by atoms with Crippen LogP contribution in [0.4, 0.5) is 21.5 Å². The van der Waals surface area contributed by atoms with Crippen LogP contribution in [0.25, 0.3) is 0 Å². The number of para-hydroxylation sites is 1. The summed E-state index contributed by atoms with van der Waals surface area (Å²) in [6.45, 7) is -0.0474. The van der Waals surface area contributed by atoms with Crippen LogP contribution in [0.2, 0.25) is 5.02 Å². The maximum atomic E-state index is 14.1. The van der Waals surface area contributed by atoms with Gasteiger partial charge in [-0.05, 0) is 35.9 Å². The number of hydrogen-bond acceptors (Lipinski definition) is 3. The van der Waals surface area contributed by atoms with Gasteiger partial charge in [0.15, 0.2) is 0 Å². The molecule has 3 aromatic carbocycles. The molecule has 3 aromatic rings. The number of rotatable bonds is 7. The predicted molar refractivity (Wildman–Crippen MR) is 114 cm³/mol. The van der Waals surface area contributed by atoms with E-state index in [1.54, 1.807) is 24.3 Å². The molecular weight excluding hydrogens is 393 g/mol. The number of carbonyl (C=O) groups excluding carboxylic acids is 2. The topological polar surface area (TPSA) is 70.2 Å². The fourth-order valence-corrected chi connectivity index (χ4v) is 2.83. The molecule has 0 bridgehead atoms. The first-order valence-electron chi connectivity index (χ1n) is 8.93. The summed E-state index contributed by atoms with van der Waals surface area (Å²) in [4.78, 5) is 24.3. The molecule has 0 aliphatic rings. The van der Waals surface area contributed by atoms with Crippen molar-refractivity contribution in [1.82, 2.24) is 0 Å². The smallest absolute Gasteiger partial charge is 0.243 e. The molecule has 5 nitrogen and oxygen atoms in total. The van der Waals surface area contributed by atoms with E-state index in [4.69, 9.17) is 11.6 Å². The summed E-state index contributed by atoms with van der Waals surface area (Å²) in [5.41, 5.74) is 1.88. The van der Waals surface area contributed by atoms with Gasteiger partial charge in [-0.25, -0.2) is 4.39 Å². The van der Waals surface area contributed by atoms with Crippen LogP contribution in [0, 0.1) is 5.82 Å². The zero-order chi connectivity index (χ0) is 20.6. The van der Waals surface area contributed by atoms with Gasteiger partial charge in [-0.15, -0.1) is 0 Å². The number of benzene rings is 3. The first kappa shape index (κ1) is 20.4. The number of carbonyl (C=O) groups is 2. The number of nitrogens with one attached hydrogen (secondary N) is 3. The summed E-state index contributed by atoms with van der Waals surface area (Å²) in [6.07, 6.45) is 0.137. The third-order valence-electron chi connectivity index (χ3n) is 4.05. The van der Waals surface area contributed by atoms with Crippen molar-refractivity contribution >= 4 is 40.5 Å². The average Bonchev–Trinajstić information content (AvgIpc) is 2.71. The lowest BCUT2D eigenvalue weighted by Gasteiger charge is -2.11. The van der Waals surface area contributed by atoms with E-state index in [1.807, 2.05) is 30.3 Å². The van der Waals surface area contributed by atoms with Crippen molar-refractivity contribution in [3.63, 3.8) is 0 Å². The van der Waals surface area contributed by atoms with Crippen LogP contribution >= 0.6 is 11.6 Å². The maximum absolute atomic E-state index is 14.1. The zero-order valence-electron chi connectivity index (χ0n) is 15.4.